The SMILES string of the molecule is CO[C@@H]1C[C@@](O)(C=O)[C@@H]2OC(c3ccccc3)OC[C@H]2O1. The van der Waals surface area contributed by atoms with Crippen LogP contribution in [0.2, 0.25) is 0 Å². The summed E-state index contributed by atoms with van der Waals surface area (Å²) in [5.74, 6) is 0. The number of aliphatic hydroxyl groups is 1. The van der Waals surface area contributed by atoms with Crippen molar-refractivity contribution in [3.05, 3.63) is 35.9 Å². The van der Waals surface area contributed by atoms with Crippen LogP contribution in [0.25, 0.3) is 0 Å². The first-order valence-electron chi connectivity index (χ1n) is 6.85. The van der Waals surface area contributed by atoms with Crippen LogP contribution < -0.4 is 0 Å². The summed E-state index contributed by atoms with van der Waals surface area (Å²) in [5, 5.41) is 10.5. The van der Waals surface area contributed by atoms with E-state index < -0.39 is 30.4 Å². The molecule has 3 rings (SSSR count). The van der Waals surface area contributed by atoms with Gasteiger partial charge >= 0.3 is 0 Å². The van der Waals surface area contributed by atoms with Gasteiger partial charge in [0, 0.05) is 19.1 Å². The summed E-state index contributed by atoms with van der Waals surface area (Å²) in [6, 6.07) is 9.37. The molecule has 1 aromatic rings. The fourth-order valence-electron chi connectivity index (χ4n) is 2.75. The maximum absolute atomic E-state index is 11.4. The van der Waals surface area contributed by atoms with Crippen LogP contribution in [0.3, 0.4) is 0 Å². The van der Waals surface area contributed by atoms with Gasteiger partial charge in [-0.25, -0.2) is 0 Å². The molecular formula is C15H18O6. The molecule has 0 bridgehead atoms. The second kappa shape index (κ2) is 5.82. The Labute approximate surface area is 122 Å². The van der Waals surface area contributed by atoms with E-state index in [4.69, 9.17) is 18.9 Å². The van der Waals surface area contributed by atoms with Crippen molar-refractivity contribution in [3.8, 4) is 0 Å². The molecule has 1 aromatic carbocycles. The van der Waals surface area contributed by atoms with Crippen LogP contribution in [0, 0.1) is 0 Å². The molecule has 6 heteroatoms. The van der Waals surface area contributed by atoms with E-state index in [2.05, 4.69) is 0 Å². The molecule has 0 radical (unpaired) electrons. The number of hydrogen-bond donors (Lipinski definition) is 1. The Kier molecular flexibility index (Phi) is 4.05. The van der Waals surface area contributed by atoms with E-state index in [0.29, 0.717) is 6.29 Å². The average molecular weight is 294 g/mol. The van der Waals surface area contributed by atoms with Crippen LogP contribution in [0.15, 0.2) is 30.3 Å². The summed E-state index contributed by atoms with van der Waals surface area (Å²) in [6.45, 7) is 0.222. The number of carbonyl (C=O) groups excluding carboxylic acids is 1. The van der Waals surface area contributed by atoms with Gasteiger partial charge < -0.3 is 28.8 Å². The summed E-state index contributed by atoms with van der Waals surface area (Å²) >= 11 is 0. The van der Waals surface area contributed by atoms with Crippen molar-refractivity contribution < 1.29 is 28.8 Å². The number of ether oxygens (including phenoxy) is 4. The molecule has 114 valence electrons. The maximum atomic E-state index is 11.4. The van der Waals surface area contributed by atoms with Gasteiger partial charge in [-0.3, -0.25) is 0 Å². The van der Waals surface area contributed by atoms with E-state index in [1.54, 1.807) is 0 Å². The Morgan fingerprint density at radius 1 is 1.33 bits per heavy atom. The molecule has 2 saturated heterocycles. The van der Waals surface area contributed by atoms with Gasteiger partial charge in [-0.15, -0.1) is 0 Å². The van der Waals surface area contributed by atoms with Gasteiger partial charge in [0.2, 0.25) is 0 Å². The van der Waals surface area contributed by atoms with Gasteiger partial charge in [0.25, 0.3) is 0 Å². The molecule has 0 spiro atoms. The fourth-order valence-corrected chi connectivity index (χ4v) is 2.75. The summed E-state index contributed by atoms with van der Waals surface area (Å²) in [7, 11) is 1.47. The third-order valence-corrected chi connectivity index (χ3v) is 3.87. The van der Waals surface area contributed by atoms with Gasteiger partial charge in [0.1, 0.15) is 12.2 Å². The molecule has 2 aliphatic heterocycles. The topological polar surface area (TPSA) is 74.2 Å². The quantitative estimate of drug-likeness (QED) is 0.831. The molecule has 1 unspecified atom stereocenters. The molecule has 6 nitrogen and oxygen atoms in total. The van der Waals surface area contributed by atoms with Crippen molar-refractivity contribution in [1.29, 1.82) is 0 Å². The lowest BCUT2D eigenvalue weighted by atomic mass is 9.87. The predicted molar refractivity (Wildman–Crippen MR) is 71.3 cm³/mol. The monoisotopic (exact) mass is 294 g/mol. The lowest BCUT2D eigenvalue weighted by Crippen LogP contribution is -2.63. The van der Waals surface area contributed by atoms with Crippen LogP contribution in [0.1, 0.15) is 18.3 Å². The van der Waals surface area contributed by atoms with E-state index in [-0.39, 0.29) is 13.0 Å². The minimum absolute atomic E-state index is 0.0374. The summed E-state index contributed by atoms with van der Waals surface area (Å²) in [4.78, 5) is 11.4. The number of aldehydes is 1. The molecule has 2 aliphatic rings. The minimum Gasteiger partial charge on any atom is -0.379 e. The number of methoxy groups -OCH3 is 1. The second-order valence-corrected chi connectivity index (χ2v) is 5.29. The highest BCUT2D eigenvalue weighted by molar-refractivity contribution is 5.64. The molecule has 0 saturated carbocycles. The molecule has 0 amide bonds. The van der Waals surface area contributed by atoms with Gasteiger partial charge in [0.05, 0.1) is 6.61 Å². The minimum atomic E-state index is -1.64. The van der Waals surface area contributed by atoms with Crippen LogP contribution >= 0.6 is 0 Å². The molecule has 1 N–H and O–H groups in total. The number of hydrogen-bond acceptors (Lipinski definition) is 6. The Bertz CT molecular complexity index is 492. The normalized spacial score (nSPS) is 39.5. The third-order valence-electron chi connectivity index (χ3n) is 3.87. The zero-order valence-corrected chi connectivity index (χ0v) is 11.7. The van der Waals surface area contributed by atoms with Crippen LogP contribution in [-0.2, 0) is 23.7 Å². The van der Waals surface area contributed by atoms with Crippen molar-refractivity contribution >= 4 is 6.29 Å². The smallest absolute Gasteiger partial charge is 0.184 e. The Balaban J connectivity index is 1.81. The van der Waals surface area contributed by atoms with E-state index in [1.165, 1.54) is 7.11 Å². The zero-order valence-electron chi connectivity index (χ0n) is 11.7. The number of benzene rings is 1. The van der Waals surface area contributed by atoms with Crippen molar-refractivity contribution in [2.45, 2.75) is 36.8 Å². The predicted octanol–water partition coefficient (Wildman–Crippen LogP) is 0.792. The van der Waals surface area contributed by atoms with E-state index >= 15 is 0 Å². The Morgan fingerprint density at radius 3 is 2.76 bits per heavy atom. The molecule has 2 fully saturated rings. The van der Waals surface area contributed by atoms with Crippen LogP contribution in [0.5, 0.6) is 0 Å². The summed E-state index contributed by atoms with van der Waals surface area (Å²) in [6.07, 6.45) is -2.05. The first-order valence-corrected chi connectivity index (χ1v) is 6.85. The van der Waals surface area contributed by atoms with E-state index in [0.717, 1.165) is 5.56 Å². The molecule has 21 heavy (non-hydrogen) atoms. The van der Waals surface area contributed by atoms with E-state index in [1.807, 2.05) is 30.3 Å². The van der Waals surface area contributed by atoms with Crippen LogP contribution in [0.4, 0.5) is 0 Å². The van der Waals surface area contributed by atoms with Crippen molar-refractivity contribution in [3.63, 3.8) is 0 Å². The standard InChI is InChI=1S/C15H18O6/c1-18-12-7-15(17,9-16)13-11(20-12)8-19-14(21-13)10-5-3-2-4-6-10/h2-6,9,11-14,17H,7-8H2,1H3/t11-,12+,13-,14?,15-/m1/s1. The van der Waals surface area contributed by atoms with Gasteiger partial charge in [-0.2, -0.15) is 0 Å². The lowest BCUT2D eigenvalue weighted by molar-refractivity contribution is -0.347. The van der Waals surface area contributed by atoms with Gasteiger partial charge in [0.15, 0.2) is 24.5 Å². The molecular weight excluding hydrogens is 276 g/mol. The highest BCUT2D eigenvalue weighted by atomic mass is 16.7. The molecule has 5 atom stereocenters. The lowest BCUT2D eigenvalue weighted by Gasteiger charge is -2.47. The van der Waals surface area contributed by atoms with Crippen LogP contribution in [-0.4, -0.2) is 49.2 Å². The van der Waals surface area contributed by atoms with Gasteiger partial charge in [-0.1, -0.05) is 30.3 Å². The highest BCUT2D eigenvalue weighted by Crippen LogP contribution is 2.38. The average Bonchev–Trinajstić information content (AvgIpc) is 2.55. The number of rotatable bonds is 3. The third kappa shape index (κ3) is 2.73. The first kappa shape index (κ1) is 14.6. The largest absolute Gasteiger partial charge is 0.379 e. The Morgan fingerprint density at radius 2 is 2.10 bits per heavy atom. The molecule has 2 heterocycles. The second-order valence-electron chi connectivity index (χ2n) is 5.29. The molecule has 0 aliphatic carbocycles. The number of carbonyl (C=O) groups is 1. The van der Waals surface area contributed by atoms with Crippen molar-refractivity contribution in [1.82, 2.24) is 0 Å². The number of fused-ring (bicyclic) bond motifs is 1. The van der Waals surface area contributed by atoms with E-state index in [9.17, 15) is 9.90 Å². The zero-order chi connectivity index (χ0) is 14.9. The fraction of sp³-hybridized carbons (Fsp3) is 0.533. The first-order chi connectivity index (χ1) is 10.2. The van der Waals surface area contributed by atoms with Gasteiger partial charge in [-0.05, 0) is 0 Å². The van der Waals surface area contributed by atoms with Crippen molar-refractivity contribution in [2.24, 2.45) is 0 Å². The van der Waals surface area contributed by atoms with Crippen molar-refractivity contribution in [2.75, 3.05) is 13.7 Å². The maximum Gasteiger partial charge on any atom is 0.184 e. The summed E-state index contributed by atoms with van der Waals surface area (Å²) < 4.78 is 22.2. The summed E-state index contributed by atoms with van der Waals surface area (Å²) in [5.41, 5.74) is -0.807. The highest BCUT2D eigenvalue weighted by Gasteiger charge is 2.53. The molecule has 0 aromatic heterocycles. The Hall–Kier alpha value is -1.31.